The number of aryl methyl sites for hydroxylation is 1. The van der Waals surface area contributed by atoms with E-state index in [9.17, 15) is 14.9 Å². The topological polar surface area (TPSA) is 126 Å². The number of aromatic nitrogens is 1. The molecule has 1 amide bonds. The van der Waals surface area contributed by atoms with Gasteiger partial charge in [-0.05, 0) is 47.7 Å². The Hall–Kier alpha value is -3.41. The van der Waals surface area contributed by atoms with E-state index in [2.05, 4.69) is 16.7 Å². The van der Waals surface area contributed by atoms with Crippen molar-refractivity contribution in [2.75, 3.05) is 13.1 Å². The summed E-state index contributed by atoms with van der Waals surface area (Å²) in [6.07, 6.45) is 1.64. The lowest BCUT2D eigenvalue weighted by molar-refractivity contribution is -0.122. The van der Waals surface area contributed by atoms with E-state index < -0.39 is 6.04 Å². The molecule has 0 saturated carbocycles. The third-order valence-corrected chi connectivity index (χ3v) is 6.13. The van der Waals surface area contributed by atoms with E-state index in [4.69, 9.17) is 10.2 Å². The second-order valence-corrected chi connectivity index (χ2v) is 8.38. The number of amides is 1. The minimum Gasteiger partial charge on any atom is -0.408 e. The summed E-state index contributed by atoms with van der Waals surface area (Å²) in [5.41, 5.74) is 10.3. The summed E-state index contributed by atoms with van der Waals surface area (Å²) in [6, 6.07) is 15.0. The average Bonchev–Trinajstić information content (AvgIpc) is 3.08. The Kier molecular flexibility index (Phi) is 6.40. The zero-order chi connectivity index (χ0) is 22.7. The molecule has 0 bridgehead atoms. The molecule has 32 heavy (non-hydrogen) atoms. The molecule has 8 heteroatoms. The van der Waals surface area contributed by atoms with Gasteiger partial charge in [0.1, 0.15) is 6.04 Å². The maximum absolute atomic E-state index is 12.4. The first-order chi connectivity index (χ1) is 15.4. The number of rotatable bonds is 6. The van der Waals surface area contributed by atoms with Crippen LogP contribution in [0.25, 0.3) is 22.2 Å². The van der Waals surface area contributed by atoms with Crippen molar-refractivity contribution in [2.24, 2.45) is 18.7 Å². The fourth-order valence-electron chi connectivity index (χ4n) is 4.19. The van der Waals surface area contributed by atoms with Crippen LogP contribution in [0.1, 0.15) is 18.4 Å². The van der Waals surface area contributed by atoms with E-state index in [0.29, 0.717) is 18.4 Å². The first-order valence-electron chi connectivity index (χ1n) is 10.8. The zero-order valence-electron chi connectivity index (χ0n) is 18.0. The van der Waals surface area contributed by atoms with Gasteiger partial charge in [-0.15, -0.1) is 0 Å². The smallest absolute Gasteiger partial charge is 0.408 e. The molecule has 0 unspecified atom stereocenters. The van der Waals surface area contributed by atoms with Crippen LogP contribution in [-0.2, 0) is 18.3 Å². The van der Waals surface area contributed by atoms with Crippen molar-refractivity contribution in [1.29, 1.82) is 5.26 Å². The van der Waals surface area contributed by atoms with Crippen molar-refractivity contribution in [1.82, 2.24) is 15.2 Å². The van der Waals surface area contributed by atoms with Gasteiger partial charge in [0.05, 0.1) is 11.6 Å². The first-order valence-corrected chi connectivity index (χ1v) is 10.8. The minimum absolute atomic E-state index is 0.0359. The molecule has 3 aromatic rings. The number of oxazole rings is 1. The Balaban J connectivity index is 1.40. The lowest BCUT2D eigenvalue weighted by Crippen LogP contribution is -2.48. The van der Waals surface area contributed by atoms with Crippen LogP contribution in [0.15, 0.2) is 51.7 Å². The number of nitriles is 1. The lowest BCUT2D eigenvalue weighted by atomic mass is 9.90. The van der Waals surface area contributed by atoms with E-state index in [-0.39, 0.29) is 23.6 Å². The highest BCUT2D eigenvalue weighted by atomic mass is 16.4. The normalized spacial score (nSPS) is 19.4. The summed E-state index contributed by atoms with van der Waals surface area (Å²) < 4.78 is 6.66. The Morgan fingerprint density at radius 3 is 2.78 bits per heavy atom. The number of fused-ring (bicyclic) bond motifs is 1. The molecule has 1 saturated heterocycles. The SMILES string of the molecule is Cn1c(=O)oc2ccc(-c3ccc(C[C@@H](C#N)NC(=O)C[C@H]4CCNC[C@@H]4N)cc3)cc21. The molecular weight excluding hydrogens is 406 g/mol. The van der Waals surface area contributed by atoms with E-state index >= 15 is 0 Å². The van der Waals surface area contributed by atoms with E-state index in [1.807, 2.05) is 36.4 Å². The first kappa shape index (κ1) is 21.8. The van der Waals surface area contributed by atoms with Gasteiger partial charge in [0.15, 0.2) is 5.58 Å². The van der Waals surface area contributed by atoms with Crippen LogP contribution in [0.5, 0.6) is 0 Å². The van der Waals surface area contributed by atoms with Crippen molar-refractivity contribution in [3.63, 3.8) is 0 Å². The van der Waals surface area contributed by atoms with Gasteiger partial charge >= 0.3 is 5.76 Å². The van der Waals surface area contributed by atoms with Gasteiger partial charge in [0, 0.05) is 32.5 Å². The monoisotopic (exact) mass is 433 g/mol. The fourth-order valence-corrected chi connectivity index (χ4v) is 4.19. The number of nitrogens with one attached hydrogen (secondary N) is 2. The molecule has 3 atom stereocenters. The minimum atomic E-state index is -0.594. The second-order valence-electron chi connectivity index (χ2n) is 8.38. The van der Waals surface area contributed by atoms with Gasteiger partial charge in [-0.3, -0.25) is 9.36 Å². The second kappa shape index (κ2) is 9.39. The van der Waals surface area contributed by atoms with Gasteiger partial charge in [-0.2, -0.15) is 5.26 Å². The third-order valence-electron chi connectivity index (χ3n) is 6.13. The summed E-state index contributed by atoms with van der Waals surface area (Å²) in [6.45, 7) is 1.58. The van der Waals surface area contributed by atoms with Gasteiger partial charge in [0.25, 0.3) is 0 Å². The van der Waals surface area contributed by atoms with Crippen molar-refractivity contribution in [3.05, 3.63) is 58.6 Å². The van der Waals surface area contributed by atoms with Gasteiger partial charge in [-0.1, -0.05) is 30.3 Å². The molecule has 1 fully saturated rings. The quantitative estimate of drug-likeness (QED) is 0.543. The van der Waals surface area contributed by atoms with Crippen LogP contribution in [0.2, 0.25) is 0 Å². The van der Waals surface area contributed by atoms with Gasteiger partial charge in [0.2, 0.25) is 5.91 Å². The predicted molar refractivity (Wildman–Crippen MR) is 122 cm³/mol. The van der Waals surface area contributed by atoms with Gasteiger partial charge in [-0.25, -0.2) is 4.79 Å². The van der Waals surface area contributed by atoms with E-state index in [1.165, 1.54) is 4.57 Å². The highest BCUT2D eigenvalue weighted by Crippen LogP contribution is 2.24. The van der Waals surface area contributed by atoms with Crippen molar-refractivity contribution in [3.8, 4) is 17.2 Å². The molecule has 0 aliphatic carbocycles. The number of hydrogen-bond acceptors (Lipinski definition) is 6. The molecule has 2 heterocycles. The third kappa shape index (κ3) is 4.74. The maximum atomic E-state index is 12.4. The molecule has 4 rings (SSSR count). The predicted octanol–water partition coefficient (Wildman–Crippen LogP) is 1.68. The Labute approximate surface area is 186 Å². The standard InChI is InChI=1S/C24H27N5O3/c1-29-21-11-17(6-7-22(21)32-24(29)31)16-4-2-15(3-5-16)10-19(13-25)28-23(30)12-18-8-9-27-14-20(18)26/h2-7,11,18-20,27H,8-10,12,14,26H2,1H3,(H,28,30)/t18-,19+,20+/m1/s1. The summed E-state index contributed by atoms with van der Waals surface area (Å²) >= 11 is 0. The van der Waals surface area contributed by atoms with Gasteiger partial charge < -0.3 is 20.8 Å². The van der Waals surface area contributed by atoms with Crippen LogP contribution >= 0.6 is 0 Å². The van der Waals surface area contributed by atoms with E-state index in [0.717, 1.165) is 41.7 Å². The van der Waals surface area contributed by atoms with Crippen LogP contribution in [-0.4, -0.2) is 35.6 Å². The summed E-state index contributed by atoms with van der Waals surface area (Å²) in [5, 5.41) is 15.6. The highest BCUT2D eigenvalue weighted by molar-refractivity contribution is 5.80. The highest BCUT2D eigenvalue weighted by Gasteiger charge is 2.25. The molecule has 1 aliphatic rings. The largest absolute Gasteiger partial charge is 0.419 e. The van der Waals surface area contributed by atoms with Crippen molar-refractivity contribution >= 4 is 17.0 Å². The zero-order valence-corrected chi connectivity index (χ0v) is 18.0. The molecular formula is C24H27N5O3. The summed E-state index contributed by atoms with van der Waals surface area (Å²) in [5.74, 6) is -0.379. The lowest BCUT2D eigenvalue weighted by Gasteiger charge is -2.29. The Bertz CT molecular complexity index is 1210. The van der Waals surface area contributed by atoms with Crippen molar-refractivity contribution in [2.45, 2.75) is 31.3 Å². The summed E-state index contributed by atoms with van der Waals surface area (Å²) in [4.78, 5) is 24.1. The molecule has 1 aliphatic heterocycles. The number of carbonyl (C=O) groups excluding carboxylic acids is 1. The number of nitrogens with zero attached hydrogens (tertiary/aromatic N) is 2. The Morgan fingerprint density at radius 2 is 2.06 bits per heavy atom. The fraction of sp³-hybridized carbons (Fsp3) is 0.375. The molecule has 1 aromatic heterocycles. The molecule has 0 radical (unpaired) electrons. The molecule has 8 nitrogen and oxygen atoms in total. The molecule has 4 N–H and O–H groups in total. The Morgan fingerprint density at radius 1 is 1.31 bits per heavy atom. The molecule has 0 spiro atoms. The molecule has 2 aromatic carbocycles. The van der Waals surface area contributed by atoms with Crippen molar-refractivity contribution < 1.29 is 9.21 Å². The van der Waals surface area contributed by atoms with Crippen LogP contribution < -0.4 is 22.1 Å². The van der Waals surface area contributed by atoms with Crippen LogP contribution in [0, 0.1) is 17.2 Å². The number of piperidine rings is 1. The van der Waals surface area contributed by atoms with E-state index in [1.54, 1.807) is 13.1 Å². The molecule has 166 valence electrons. The van der Waals surface area contributed by atoms with Crippen LogP contribution in [0.3, 0.4) is 0 Å². The number of hydrogen-bond donors (Lipinski definition) is 3. The average molecular weight is 434 g/mol. The number of benzene rings is 2. The maximum Gasteiger partial charge on any atom is 0.419 e. The summed E-state index contributed by atoms with van der Waals surface area (Å²) in [7, 11) is 1.68. The number of nitrogens with two attached hydrogens (primary N) is 1. The van der Waals surface area contributed by atoms with Crippen LogP contribution in [0.4, 0.5) is 0 Å². The number of carbonyl (C=O) groups is 1.